The normalized spacial score (nSPS) is 24.2. The van der Waals surface area contributed by atoms with Crippen molar-refractivity contribution in [2.45, 2.75) is 19.4 Å². The van der Waals surface area contributed by atoms with E-state index in [2.05, 4.69) is 40.1 Å². The van der Waals surface area contributed by atoms with Crippen LogP contribution in [0.3, 0.4) is 0 Å². The van der Waals surface area contributed by atoms with E-state index in [1.807, 2.05) is 0 Å². The third-order valence-corrected chi connectivity index (χ3v) is 4.29. The average molecular weight is 329 g/mol. The van der Waals surface area contributed by atoms with Crippen molar-refractivity contribution < 1.29 is 9.18 Å². The van der Waals surface area contributed by atoms with Crippen molar-refractivity contribution in [2.24, 2.45) is 5.92 Å². The summed E-state index contributed by atoms with van der Waals surface area (Å²) >= 11 is 3.28. The Bertz CT molecular complexity index is 481. The predicted molar refractivity (Wildman–Crippen MR) is 76.6 cm³/mol. The standard InChI is InChI=1S/C14H18BrFN2O/c1-9-8-18(2)6-5-13(9)17-14(19)11-7-10(16)3-4-12(11)15/h3-4,7,9,13H,5-6,8H2,1-2H3,(H,17,19). The molecule has 2 rings (SSSR count). The zero-order valence-electron chi connectivity index (χ0n) is 11.1. The van der Waals surface area contributed by atoms with Gasteiger partial charge in [0.25, 0.3) is 5.91 Å². The third-order valence-electron chi connectivity index (χ3n) is 3.60. The van der Waals surface area contributed by atoms with Crippen LogP contribution in [0.25, 0.3) is 0 Å². The Morgan fingerprint density at radius 1 is 1.53 bits per heavy atom. The first-order valence-electron chi connectivity index (χ1n) is 6.42. The van der Waals surface area contributed by atoms with E-state index in [-0.39, 0.29) is 11.9 Å². The van der Waals surface area contributed by atoms with Gasteiger partial charge in [0.05, 0.1) is 5.56 Å². The molecule has 0 aliphatic carbocycles. The van der Waals surface area contributed by atoms with Crippen LogP contribution in [-0.2, 0) is 0 Å². The van der Waals surface area contributed by atoms with E-state index in [1.54, 1.807) is 6.07 Å². The molecule has 0 spiro atoms. The first kappa shape index (κ1) is 14.5. The van der Waals surface area contributed by atoms with Crippen LogP contribution in [0.5, 0.6) is 0 Å². The molecular formula is C14H18BrFN2O. The molecule has 2 unspecified atom stereocenters. The molecule has 1 aliphatic heterocycles. The van der Waals surface area contributed by atoms with Crippen molar-refractivity contribution in [1.29, 1.82) is 0 Å². The minimum absolute atomic E-state index is 0.152. The fourth-order valence-electron chi connectivity index (χ4n) is 2.49. The zero-order valence-corrected chi connectivity index (χ0v) is 12.7. The molecule has 2 atom stereocenters. The smallest absolute Gasteiger partial charge is 0.252 e. The molecule has 0 radical (unpaired) electrons. The zero-order chi connectivity index (χ0) is 14.0. The van der Waals surface area contributed by atoms with Crippen LogP contribution in [0.2, 0.25) is 0 Å². The number of halogens is 2. The highest BCUT2D eigenvalue weighted by molar-refractivity contribution is 9.10. The lowest BCUT2D eigenvalue weighted by atomic mass is 9.94. The van der Waals surface area contributed by atoms with Gasteiger partial charge in [-0.05, 0) is 60.1 Å². The molecule has 1 saturated heterocycles. The molecule has 0 aromatic heterocycles. The van der Waals surface area contributed by atoms with Gasteiger partial charge in [0.2, 0.25) is 0 Å². The number of carbonyl (C=O) groups excluding carboxylic acids is 1. The lowest BCUT2D eigenvalue weighted by molar-refractivity contribution is 0.0882. The van der Waals surface area contributed by atoms with Crippen molar-refractivity contribution in [3.63, 3.8) is 0 Å². The van der Waals surface area contributed by atoms with E-state index in [9.17, 15) is 9.18 Å². The maximum absolute atomic E-state index is 13.2. The summed E-state index contributed by atoms with van der Waals surface area (Å²) in [4.78, 5) is 14.4. The molecule has 0 bridgehead atoms. The molecular weight excluding hydrogens is 311 g/mol. The predicted octanol–water partition coefficient (Wildman–Crippen LogP) is 2.66. The first-order chi connectivity index (χ1) is 8.97. The second kappa shape index (κ2) is 6.01. The van der Waals surface area contributed by atoms with Crippen LogP contribution >= 0.6 is 15.9 Å². The number of rotatable bonds is 2. The Balaban J connectivity index is 2.06. The number of nitrogens with one attached hydrogen (secondary N) is 1. The molecule has 1 aliphatic rings. The monoisotopic (exact) mass is 328 g/mol. The summed E-state index contributed by atoms with van der Waals surface area (Å²) in [5, 5.41) is 3.01. The van der Waals surface area contributed by atoms with Crippen LogP contribution in [0.4, 0.5) is 4.39 Å². The number of amides is 1. The van der Waals surface area contributed by atoms with Gasteiger partial charge in [0.1, 0.15) is 5.82 Å². The molecule has 19 heavy (non-hydrogen) atoms. The molecule has 1 heterocycles. The van der Waals surface area contributed by atoms with Crippen molar-refractivity contribution in [3.8, 4) is 0 Å². The fourth-order valence-corrected chi connectivity index (χ4v) is 2.91. The van der Waals surface area contributed by atoms with Gasteiger partial charge in [-0.25, -0.2) is 4.39 Å². The lowest BCUT2D eigenvalue weighted by Gasteiger charge is -2.35. The number of likely N-dealkylation sites (tertiary alicyclic amines) is 1. The van der Waals surface area contributed by atoms with Crippen molar-refractivity contribution in [3.05, 3.63) is 34.1 Å². The van der Waals surface area contributed by atoms with Gasteiger partial charge in [-0.15, -0.1) is 0 Å². The van der Waals surface area contributed by atoms with E-state index in [1.165, 1.54) is 12.1 Å². The summed E-state index contributed by atoms with van der Waals surface area (Å²) in [6.07, 6.45) is 0.927. The summed E-state index contributed by atoms with van der Waals surface area (Å²) in [7, 11) is 2.08. The van der Waals surface area contributed by atoms with Gasteiger partial charge in [0.15, 0.2) is 0 Å². The van der Waals surface area contributed by atoms with Crippen LogP contribution in [-0.4, -0.2) is 37.0 Å². The molecule has 1 fully saturated rings. The number of piperidine rings is 1. The number of hydrogen-bond acceptors (Lipinski definition) is 2. The first-order valence-corrected chi connectivity index (χ1v) is 7.21. The Hall–Kier alpha value is -0.940. The quantitative estimate of drug-likeness (QED) is 0.905. The van der Waals surface area contributed by atoms with Crippen molar-refractivity contribution in [1.82, 2.24) is 10.2 Å². The highest BCUT2D eigenvalue weighted by Crippen LogP contribution is 2.20. The van der Waals surface area contributed by atoms with Gasteiger partial charge >= 0.3 is 0 Å². The van der Waals surface area contributed by atoms with Gasteiger partial charge < -0.3 is 10.2 Å². The van der Waals surface area contributed by atoms with Gasteiger partial charge in [0, 0.05) is 17.1 Å². The lowest BCUT2D eigenvalue weighted by Crippen LogP contribution is -2.48. The number of nitrogens with zero attached hydrogens (tertiary/aromatic N) is 1. The maximum atomic E-state index is 13.2. The highest BCUT2D eigenvalue weighted by atomic mass is 79.9. The molecule has 1 N–H and O–H groups in total. The van der Waals surface area contributed by atoms with Crippen LogP contribution in [0.15, 0.2) is 22.7 Å². The minimum Gasteiger partial charge on any atom is -0.349 e. The van der Waals surface area contributed by atoms with E-state index in [4.69, 9.17) is 0 Å². The fraction of sp³-hybridized carbons (Fsp3) is 0.500. The molecule has 5 heteroatoms. The average Bonchev–Trinajstić information content (AvgIpc) is 2.35. The summed E-state index contributed by atoms with van der Waals surface area (Å²) in [5.74, 6) is -0.215. The second-order valence-electron chi connectivity index (χ2n) is 5.23. The van der Waals surface area contributed by atoms with Crippen molar-refractivity contribution >= 4 is 21.8 Å². The van der Waals surface area contributed by atoms with E-state index in [0.29, 0.717) is 16.0 Å². The van der Waals surface area contributed by atoms with Crippen LogP contribution in [0, 0.1) is 11.7 Å². The Morgan fingerprint density at radius 3 is 2.95 bits per heavy atom. The van der Waals surface area contributed by atoms with E-state index >= 15 is 0 Å². The Kier molecular flexibility index (Phi) is 4.58. The second-order valence-corrected chi connectivity index (χ2v) is 6.09. The third kappa shape index (κ3) is 3.54. The number of carbonyl (C=O) groups is 1. The van der Waals surface area contributed by atoms with Gasteiger partial charge in [-0.3, -0.25) is 4.79 Å². The summed E-state index contributed by atoms with van der Waals surface area (Å²) in [5.41, 5.74) is 0.353. The van der Waals surface area contributed by atoms with E-state index < -0.39 is 5.82 Å². The maximum Gasteiger partial charge on any atom is 0.252 e. The van der Waals surface area contributed by atoms with Crippen molar-refractivity contribution in [2.75, 3.05) is 20.1 Å². The molecule has 1 aromatic rings. The molecule has 3 nitrogen and oxygen atoms in total. The Morgan fingerprint density at radius 2 is 2.26 bits per heavy atom. The highest BCUT2D eigenvalue weighted by Gasteiger charge is 2.26. The number of benzene rings is 1. The summed E-state index contributed by atoms with van der Waals surface area (Å²) < 4.78 is 13.8. The van der Waals surface area contributed by atoms with Gasteiger partial charge in [-0.1, -0.05) is 6.92 Å². The van der Waals surface area contributed by atoms with Crippen LogP contribution in [0.1, 0.15) is 23.7 Å². The molecule has 104 valence electrons. The summed E-state index contributed by atoms with van der Waals surface area (Å²) in [6.45, 7) is 4.07. The molecule has 1 amide bonds. The minimum atomic E-state index is -0.398. The van der Waals surface area contributed by atoms with E-state index in [0.717, 1.165) is 19.5 Å². The number of hydrogen-bond donors (Lipinski definition) is 1. The summed E-state index contributed by atoms with van der Waals surface area (Å²) in [6, 6.07) is 4.30. The molecule has 1 aromatic carbocycles. The topological polar surface area (TPSA) is 32.3 Å². The Labute approximate surface area is 121 Å². The molecule has 0 saturated carbocycles. The largest absolute Gasteiger partial charge is 0.349 e. The SMILES string of the molecule is CC1CN(C)CCC1NC(=O)c1cc(F)ccc1Br. The van der Waals surface area contributed by atoms with Gasteiger partial charge in [-0.2, -0.15) is 0 Å². The van der Waals surface area contributed by atoms with Crippen LogP contribution < -0.4 is 5.32 Å².